The van der Waals surface area contributed by atoms with Crippen LogP contribution in [0.4, 0.5) is 5.88 Å². The van der Waals surface area contributed by atoms with Gasteiger partial charge in [-0.2, -0.15) is 9.64 Å². The number of hydrogen-bond donors (Lipinski definition) is 1. The highest BCUT2D eigenvalue weighted by Crippen LogP contribution is 2.38. The number of furan rings is 1. The molecule has 0 saturated carbocycles. The van der Waals surface area contributed by atoms with Gasteiger partial charge in [0.15, 0.2) is 5.58 Å². The van der Waals surface area contributed by atoms with Crippen LogP contribution >= 0.6 is 23.1 Å². The van der Waals surface area contributed by atoms with E-state index < -0.39 is 0 Å². The summed E-state index contributed by atoms with van der Waals surface area (Å²) in [6.07, 6.45) is 0. The van der Waals surface area contributed by atoms with Crippen molar-refractivity contribution in [3.8, 4) is 16.5 Å². The Morgan fingerprint density at radius 1 is 1.44 bits per heavy atom. The molecule has 4 nitrogen and oxygen atoms in total. The molecule has 3 rings (SSSR count). The largest absolute Gasteiger partial charge is 0.436 e. The lowest BCUT2D eigenvalue weighted by Crippen LogP contribution is -1.83. The average Bonchev–Trinajstić information content (AvgIpc) is 2.86. The van der Waals surface area contributed by atoms with Crippen molar-refractivity contribution in [1.29, 1.82) is 5.26 Å². The molecule has 2 aromatic heterocycles. The topological polar surface area (TPSA) is 75.8 Å². The first kappa shape index (κ1) is 11.1. The Bertz CT molecular complexity index is 784. The molecule has 6 heteroatoms. The van der Waals surface area contributed by atoms with Crippen molar-refractivity contribution in [2.24, 2.45) is 0 Å². The lowest BCUT2D eigenvalue weighted by Gasteiger charge is -1.96. The average molecular weight is 276 g/mol. The molecule has 0 atom stereocenters. The highest BCUT2D eigenvalue weighted by atomic mass is 35.5. The number of anilines is 1. The summed E-state index contributed by atoms with van der Waals surface area (Å²) >= 11 is 7.21. The van der Waals surface area contributed by atoms with Gasteiger partial charge in [-0.25, -0.2) is 0 Å². The quantitative estimate of drug-likeness (QED) is 0.735. The van der Waals surface area contributed by atoms with Gasteiger partial charge in [0.25, 0.3) is 0 Å². The van der Waals surface area contributed by atoms with Gasteiger partial charge in [0.05, 0.1) is 4.88 Å². The van der Waals surface area contributed by atoms with Crippen LogP contribution in [0.25, 0.3) is 21.5 Å². The molecule has 0 amide bonds. The van der Waals surface area contributed by atoms with Crippen molar-refractivity contribution in [1.82, 2.24) is 4.37 Å². The molecule has 88 valence electrons. The second-order valence-electron chi connectivity index (χ2n) is 3.65. The number of nitrogens with two attached hydrogens (primary N) is 1. The monoisotopic (exact) mass is 275 g/mol. The molecule has 2 N–H and O–H groups in total. The van der Waals surface area contributed by atoms with Gasteiger partial charge in [-0.05, 0) is 29.2 Å². The van der Waals surface area contributed by atoms with Crippen LogP contribution in [0.5, 0.6) is 0 Å². The molecule has 0 aliphatic rings. The molecule has 0 spiro atoms. The van der Waals surface area contributed by atoms with Gasteiger partial charge in [-0.15, -0.1) is 0 Å². The van der Waals surface area contributed by atoms with E-state index in [-0.39, 0.29) is 11.4 Å². The fourth-order valence-electron chi connectivity index (χ4n) is 1.73. The molecule has 0 radical (unpaired) electrons. The zero-order chi connectivity index (χ0) is 12.7. The van der Waals surface area contributed by atoms with Gasteiger partial charge < -0.3 is 10.2 Å². The summed E-state index contributed by atoms with van der Waals surface area (Å²) in [6.45, 7) is 0. The van der Waals surface area contributed by atoms with Gasteiger partial charge in [-0.3, -0.25) is 0 Å². The van der Waals surface area contributed by atoms with Crippen molar-refractivity contribution in [3.05, 3.63) is 34.9 Å². The summed E-state index contributed by atoms with van der Waals surface area (Å²) in [5.74, 6) is 0.103. The number of benzene rings is 1. The van der Waals surface area contributed by atoms with Crippen LogP contribution in [-0.4, -0.2) is 4.37 Å². The van der Waals surface area contributed by atoms with Gasteiger partial charge in [0.1, 0.15) is 17.1 Å². The first-order valence-corrected chi connectivity index (χ1v) is 6.19. The minimum Gasteiger partial charge on any atom is -0.436 e. The van der Waals surface area contributed by atoms with Crippen LogP contribution in [0.1, 0.15) is 5.56 Å². The summed E-state index contributed by atoms with van der Waals surface area (Å²) in [7, 11) is 0. The molecule has 3 aromatic rings. The summed E-state index contributed by atoms with van der Waals surface area (Å²) in [6, 6.07) is 9.36. The molecule has 18 heavy (non-hydrogen) atoms. The van der Waals surface area contributed by atoms with Gasteiger partial charge in [0, 0.05) is 5.02 Å². The third-order valence-corrected chi connectivity index (χ3v) is 3.66. The second kappa shape index (κ2) is 4.02. The smallest absolute Gasteiger partial charge is 0.211 e. The van der Waals surface area contributed by atoms with E-state index in [2.05, 4.69) is 4.37 Å². The second-order valence-corrected chi connectivity index (χ2v) is 4.86. The summed E-state index contributed by atoms with van der Waals surface area (Å²) in [5.41, 5.74) is 7.87. The van der Waals surface area contributed by atoms with Crippen LogP contribution in [0.3, 0.4) is 0 Å². The van der Waals surface area contributed by atoms with Crippen molar-refractivity contribution in [2.45, 2.75) is 0 Å². The number of nitriles is 1. The van der Waals surface area contributed by atoms with E-state index in [1.165, 1.54) is 11.5 Å². The highest BCUT2D eigenvalue weighted by Gasteiger charge is 2.19. The van der Waals surface area contributed by atoms with E-state index in [9.17, 15) is 0 Å². The minimum absolute atomic E-state index is 0.103. The minimum atomic E-state index is 0.103. The van der Waals surface area contributed by atoms with Gasteiger partial charge >= 0.3 is 0 Å². The molecule has 1 aromatic carbocycles. The van der Waals surface area contributed by atoms with Crippen molar-refractivity contribution in [3.63, 3.8) is 0 Å². The lowest BCUT2D eigenvalue weighted by atomic mass is 10.2. The number of halogens is 1. The Hall–Kier alpha value is -2.03. The van der Waals surface area contributed by atoms with E-state index in [0.29, 0.717) is 16.1 Å². The number of nitrogen functional groups attached to an aromatic ring is 1. The maximum Gasteiger partial charge on any atom is 0.211 e. The number of rotatable bonds is 1. The van der Waals surface area contributed by atoms with Gasteiger partial charge in [0.2, 0.25) is 5.88 Å². The van der Waals surface area contributed by atoms with E-state index >= 15 is 0 Å². The number of nitrogens with zero attached hydrogens (tertiary/aromatic N) is 2. The molecule has 0 fully saturated rings. The van der Waals surface area contributed by atoms with E-state index in [1.54, 1.807) is 6.07 Å². The molecule has 0 saturated heterocycles. The zero-order valence-electron chi connectivity index (χ0n) is 8.98. The van der Waals surface area contributed by atoms with Crippen LogP contribution in [0.2, 0.25) is 5.02 Å². The molecule has 0 aliphatic heterocycles. The fraction of sp³-hybridized carbons (Fsp3) is 0. The third kappa shape index (κ3) is 1.55. The van der Waals surface area contributed by atoms with Crippen molar-refractivity contribution in [2.75, 3.05) is 5.73 Å². The predicted octanol–water partition coefficient (Wildman–Crippen LogP) is 3.66. The Morgan fingerprint density at radius 2 is 2.28 bits per heavy atom. The van der Waals surface area contributed by atoms with Crippen molar-refractivity contribution >= 4 is 40.1 Å². The lowest BCUT2D eigenvalue weighted by molar-refractivity contribution is 0.638. The first-order chi connectivity index (χ1) is 8.70. The highest BCUT2D eigenvalue weighted by molar-refractivity contribution is 7.11. The van der Waals surface area contributed by atoms with Crippen LogP contribution in [-0.2, 0) is 0 Å². The molecule has 0 bridgehead atoms. The maximum absolute atomic E-state index is 8.98. The van der Waals surface area contributed by atoms with Crippen LogP contribution in [0.15, 0.2) is 28.7 Å². The summed E-state index contributed by atoms with van der Waals surface area (Å²) in [4.78, 5) is 0.820. The molecular formula is C12H6ClN3OS. The fourth-order valence-corrected chi connectivity index (χ4v) is 2.74. The molecule has 2 heterocycles. The zero-order valence-corrected chi connectivity index (χ0v) is 10.5. The molecular weight excluding hydrogens is 270 g/mol. The molecule has 0 aliphatic carbocycles. The Kier molecular flexibility index (Phi) is 2.47. The Labute approximate surface area is 111 Å². The van der Waals surface area contributed by atoms with Crippen molar-refractivity contribution < 1.29 is 4.42 Å². The summed E-state index contributed by atoms with van der Waals surface area (Å²) < 4.78 is 9.63. The standard InChI is InChI=1S/C12H6ClN3OS/c13-7-3-1-2-6(4-7)11-10-9(16-18-11)8(5-14)12(15)17-10/h1-4H,15H2. The van der Waals surface area contributed by atoms with Crippen LogP contribution in [0, 0.1) is 11.3 Å². The van der Waals surface area contributed by atoms with E-state index in [1.807, 2.05) is 24.3 Å². The van der Waals surface area contributed by atoms with Gasteiger partial charge in [-0.1, -0.05) is 23.7 Å². The van der Waals surface area contributed by atoms with E-state index in [0.717, 1.165) is 10.4 Å². The predicted molar refractivity (Wildman–Crippen MR) is 71.5 cm³/mol. The Morgan fingerprint density at radius 3 is 3.00 bits per heavy atom. The first-order valence-electron chi connectivity index (χ1n) is 5.04. The summed E-state index contributed by atoms with van der Waals surface area (Å²) in [5, 5.41) is 9.62. The third-order valence-electron chi connectivity index (χ3n) is 2.54. The number of fused-ring (bicyclic) bond motifs is 1. The maximum atomic E-state index is 8.98. The SMILES string of the molecule is N#Cc1c(N)oc2c(-c3cccc(Cl)c3)snc12. The number of aromatic nitrogens is 1. The van der Waals surface area contributed by atoms with Crippen LogP contribution < -0.4 is 5.73 Å². The van der Waals surface area contributed by atoms with E-state index in [4.69, 9.17) is 27.0 Å². The molecule has 0 unspecified atom stereocenters. The number of hydrogen-bond acceptors (Lipinski definition) is 5. The normalized spacial score (nSPS) is 10.7. The Balaban J connectivity index is 2.29.